The van der Waals surface area contributed by atoms with E-state index in [0.717, 1.165) is 26.9 Å². The maximum absolute atomic E-state index is 13.7. The number of sulfonamides is 1. The summed E-state index contributed by atoms with van der Waals surface area (Å²) in [4.78, 5) is 17.5. The van der Waals surface area contributed by atoms with Crippen LogP contribution in [-0.2, 0) is 21.4 Å². The quantitative estimate of drug-likeness (QED) is 0.330. The van der Waals surface area contributed by atoms with Gasteiger partial charge in [-0.1, -0.05) is 35.9 Å². The van der Waals surface area contributed by atoms with Crippen LogP contribution in [0.15, 0.2) is 84.0 Å². The first-order valence-corrected chi connectivity index (χ1v) is 13.3. The Bertz CT molecular complexity index is 1530. The molecule has 3 aromatic carbocycles. The monoisotopic (exact) mass is 534 g/mol. The van der Waals surface area contributed by atoms with Gasteiger partial charge in [-0.2, -0.15) is 0 Å². The molecule has 0 atom stereocenters. The van der Waals surface area contributed by atoms with Crippen molar-refractivity contribution in [2.24, 2.45) is 0 Å². The zero-order chi connectivity index (χ0) is 27.3. The van der Waals surface area contributed by atoms with Crippen molar-refractivity contribution in [3.63, 3.8) is 0 Å². The van der Waals surface area contributed by atoms with Gasteiger partial charge in [0.2, 0.25) is 5.91 Å². The molecule has 4 aromatic rings. The normalized spacial score (nSPS) is 11.2. The number of benzene rings is 3. The fourth-order valence-electron chi connectivity index (χ4n) is 4.04. The van der Waals surface area contributed by atoms with E-state index in [1.54, 1.807) is 30.5 Å². The molecule has 0 aliphatic heterocycles. The number of amides is 1. The number of nitrogens with zero attached hydrogens (tertiary/aromatic N) is 3. The summed E-state index contributed by atoms with van der Waals surface area (Å²) in [7, 11) is -1.12. The number of methoxy groups -OCH3 is 2. The van der Waals surface area contributed by atoms with Crippen LogP contribution in [0, 0.1) is 13.8 Å². The Hall–Kier alpha value is -4.31. The SMILES string of the molecule is COc1ccc(N(CC(=O)NCc2ccccc2-n2ccnc2C)S(=O)(=O)c2ccc(C)cc2)cc1OC. The van der Waals surface area contributed by atoms with Crippen molar-refractivity contribution < 1.29 is 22.7 Å². The molecule has 0 saturated carbocycles. The number of hydrogen-bond acceptors (Lipinski definition) is 6. The van der Waals surface area contributed by atoms with Crippen LogP contribution in [0.3, 0.4) is 0 Å². The van der Waals surface area contributed by atoms with E-state index in [1.807, 2.05) is 48.9 Å². The largest absolute Gasteiger partial charge is 0.493 e. The predicted octanol–water partition coefficient (Wildman–Crippen LogP) is 4.02. The first-order chi connectivity index (χ1) is 18.2. The van der Waals surface area contributed by atoms with Crippen molar-refractivity contribution in [2.75, 3.05) is 25.1 Å². The minimum absolute atomic E-state index is 0.0756. The highest BCUT2D eigenvalue weighted by atomic mass is 32.2. The van der Waals surface area contributed by atoms with E-state index >= 15 is 0 Å². The molecule has 0 aliphatic rings. The number of nitrogens with one attached hydrogen (secondary N) is 1. The highest BCUT2D eigenvalue weighted by molar-refractivity contribution is 7.92. The fourth-order valence-corrected chi connectivity index (χ4v) is 5.45. The predicted molar refractivity (Wildman–Crippen MR) is 145 cm³/mol. The van der Waals surface area contributed by atoms with Gasteiger partial charge in [0.05, 0.1) is 30.5 Å². The maximum Gasteiger partial charge on any atom is 0.264 e. The van der Waals surface area contributed by atoms with Gasteiger partial charge in [0, 0.05) is 25.0 Å². The summed E-state index contributed by atoms with van der Waals surface area (Å²) in [5, 5.41) is 2.87. The first kappa shape index (κ1) is 26.7. The van der Waals surface area contributed by atoms with Crippen LogP contribution in [0.25, 0.3) is 5.69 Å². The summed E-state index contributed by atoms with van der Waals surface area (Å²) in [6, 6.07) is 18.9. The number of para-hydroxylation sites is 1. The Morgan fingerprint density at radius 2 is 1.68 bits per heavy atom. The molecule has 0 bridgehead atoms. The van der Waals surface area contributed by atoms with E-state index in [9.17, 15) is 13.2 Å². The zero-order valence-corrected chi connectivity index (χ0v) is 22.5. The molecule has 0 spiro atoms. The first-order valence-electron chi connectivity index (χ1n) is 11.9. The Labute approximate surface area is 222 Å². The zero-order valence-electron chi connectivity index (χ0n) is 21.7. The Morgan fingerprint density at radius 3 is 2.34 bits per heavy atom. The summed E-state index contributed by atoms with van der Waals surface area (Å²) in [5.41, 5.74) is 2.94. The van der Waals surface area contributed by atoms with Crippen molar-refractivity contribution in [1.82, 2.24) is 14.9 Å². The lowest BCUT2D eigenvalue weighted by atomic mass is 10.1. The summed E-state index contributed by atoms with van der Waals surface area (Å²) in [6.45, 7) is 3.54. The van der Waals surface area contributed by atoms with Crippen LogP contribution in [0.2, 0.25) is 0 Å². The minimum atomic E-state index is -4.08. The summed E-state index contributed by atoms with van der Waals surface area (Å²) >= 11 is 0. The third kappa shape index (κ3) is 5.65. The standard InChI is InChI=1S/C28H30N4O5S/c1-20-9-12-24(13-10-20)38(34,35)32(23-11-14-26(36-3)27(17-23)37-4)19-28(33)30-18-22-7-5-6-8-25(22)31-16-15-29-21(31)2/h5-17H,18-19H2,1-4H3,(H,30,33). The van der Waals surface area contributed by atoms with E-state index < -0.39 is 22.5 Å². The summed E-state index contributed by atoms with van der Waals surface area (Å²) in [6.07, 6.45) is 3.56. The smallest absolute Gasteiger partial charge is 0.264 e. The van der Waals surface area contributed by atoms with Crippen LogP contribution in [0.5, 0.6) is 11.5 Å². The molecule has 1 N–H and O–H groups in total. The van der Waals surface area contributed by atoms with Crippen molar-refractivity contribution in [3.05, 3.63) is 96.1 Å². The molecule has 0 saturated heterocycles. The molecular formula is C28H30N4O5S. The molecule has 0 radical (unpaired) electrons. The second-order valence-electron chi connectivity index (χ2n) is 8.61. The average Bonchev–Trinajstić information content (AvgIpc) is 3.36. The van der Waals surface area contributed by atoms with Gasteiger partial charge in [0.1, 0.15) is 12.4 Å². The van der Waals surface area contributed by atoms with Crippen molar-refractivity contribution in [3.8, 4) is 17.2 Å². The number of aromatic nitrogens is 2. The molecule has 198 valence electrons. The number of anilines is 1. The van der Waals surface area contributed by atoms with Gasteiger partial charge in [0.25, 0.3) is 10.0 Å². The Balaban J connectivity index is 1.63. The van der Waals surface area contributed by atoms with Gasteiger partial charge in [-0.15, -0.1) is 0 Å². The van der Waals surface area contributed by atoms with Gasteiger partial charge in [0.15, 0.2) is 11.5 Å². The lowest BCUT2D eigenvalue weighted by molar-refractivity contribution is -0.119. The molecule has 4 rings (SSSR count). The molecule has 9 nitrogen and oxygen atoms in total. The van der Waals surface area contributed by atoms with Gasteiger partial charge >= 0.3 is 0 Å². The topological polar surface area (TPSA) is 103 Å². The van der Waals surface area contributed by atoms with Gasteiger partial charge in [-0.05, 0) is 49.7 Å². The number of hydrogen-bond donors (Lipinski definition) is 1. The fraction of sp³-hybridized carbons (Fsp3) is 0.214. The molecule has 1 amide bonds. The molecule has 10 heteroatoms. The third-order valence-corrected chi connectivity index (χ3v) is 7.89. The number of carbonyl (C=O) groups is 1. The van der Waals surface area contributed by atoms with Crippen LogP contribution in [0.4, 0.5) is 5.69 Å². The van der Waals surface area contributed by atoms with Crippen LogP contribution in [-0.4, -0.2) is 44.6 Å². The molecule has 38 heavy (non-hydrogen) atoms. The second-order valence-corrected chi connectivity index (χ2v) is 10.5. The van der Waals surface area contributed by atoms with E-state index in [1.165, 1.54) is 32.4 Å². The molecule has 0 aliphatic carbocycles. The molecular weight excluding hydrogens is 504 g/mol. The molecule has 1 heterocycles. The lowest BCUT2D eigenvalue weighted by Crippen LogP contribution is -2.40. The number of imidazole rings is 1. The average molecular weight is 535 g/mol. The number of carbonyl (C=O) groups excluding carboxylic acids is 1. The number of ether oxygens (including phenoxy) is 2. The van der Waals surface area contributed by atoms with Gasteiger partial charge in [-0.3, -0.25) is 9.10 Å². The molecule has 1 aromatic heterocycles. The van der Waals surface area contributed by atoms with Crippen LogP contribution in [0.1, 0.15) is 17.0 Å². The Kier molecular flexibility index (Phi) is 8.02. The van der Waals surface area contributed by atoms with Crippen molar-refractivity contribution in [2.45, 2.75) is 25.3 Å². The Morgan fingerprint density at radius 1 is 0.974 bits per heavy atom. The van der Waals surface area contributed by atoms with Crippen LogP contribution < -0.4 is 19.1 Å². The maximum atomic E-state index is 13.7. The highest BCUT2D eigenvalue weighted by Crippen LogP contribution is 2.33. The van der Waals surface area contributed by atoms with E-state index in [4.69, 9.17) is 9.47 Å². The van der Waals surface area contributed by atoms with Gasteiger partial charge in [-0.25, -0.2) is 13.4 Å². The summed E-state index contributed by atoms with van der Waals surface area (Å²) < 4.78 is 41.1. The summed E-state index contributed by atoms with van der Waals surface area (Å²) in [5.74, 6) is 1.14. The van der Waals surface area contributed by atoms with Gasteiger partial charge < -0.3 is 19.4 Å². The van der Waals surface area contributed by atoms with Crippen molar-refractivity contribution >= 4 is 21.6 Å². The van der Waals surface area contributed by atoms with E-state index in [-0.39, 0.29) is 17.1 Å². The third-order valence-electron chi connectivity index (χ3n) is 6.10. The van der Waals surface area contributed by atoms with Crippen LogP contribution >= 0.6 is 0 Å². The van der Waals surface area contributed by atoms with E-state index in [2.05, 4.69) is 10.3 Å². The molecule has 0 fully saturated rings. The molecule has 0 unspecified atom stereocenters. The lowest BCUT2D eigenvalue weighted by Gasteiger charge is -2.25. The second kappa shape index (κ2) is 11.4. The van der Waals surface area contributed by atoms with Crippen molar-refractivity contribution in [1.29, 1.82) is 0 Å². The highest BCUT2D eigenvalue weighted by Gasteiger charge is 2.28. The minimum Gasteiger partial charge on any atom is -0.493 e. The number of aryl methyl sites for hydroxylation is 2. The van der Waals surface area contributed by atoms with E-state index in [0.29, 0.717) is 11.5 Å². The number of rotatable bonds is 10.